The minimum absolute atomic E-state index is 0.0567. The van der Waals surface area contributed by atoms with Crippen LogP contribution in [-0.4, -0.2) is 17.1 Å². The second kappa shape index (κ2) is 6.60. The van der Waals surface area contributed by atoms with E-state index in [1.807, 2.05) is 6.07 Å². The molecule has 0 bridgehead atoms. The summed E-state index contributed by atoms with van der Waals surface area (Å²) < 4.78 is 0.713. The Kier molecular flexibility index (Phi) is 4.82. The Labute approximate surface area is 134 Å². The summed E-state index contributed by atoms with van der Waals surface area (Å²) in [5.41, 5.74) is 0.537. The van der Waals surface area contributed by atoms with Crippen molar-refractivity contribution >= 4 is 50.9 Å². The lowest BCUT2D eigenvalue weighted by atomic mass is 10.2. The topological polar surface area (TPSA) is 78.4 Å². The molecule has 0 aromatic heterocycles. The molecule has 0 radical (unpaired) electrons. The molecule has 5 nitrogen and oxygen atoms in total. The molecule has 2 aromatic rings. The number of aromatic carboxylic acids is 1. The van der Waals surface area contributed by atoms with Crippen molar-refractivity contribution in [3.05, 3.63) is 57.5 Å². The molecule has 0 atom stereocenters. The summed E-state index contributed by atoms with van der Waals surface area (Å²) in [4.78, 5) is 23.1. The van der Waals surface area contributed by atoms with Crippen LogP contribution in [0.1, 0.15) is 10.4 Å². The number of para-hydroxylation sites is 1. The van der Waals surface area contributed by atoms with Crippen molar-refractivity contribution in [1.82, 2.24) is 0 Å². The van der Waals surface area contributed by atoms with E-state index in [9.17, 15) is 9.59 Å². The molecule has 2 aromatic carbocycles. The molecule has 0 aliphatic heterocycles. The van der Waals surface area contributed by atoms with Crippen molar-refractivity contribution < 1.29 is 14.7 Å². The molecule has 2 amide bonds. The van der Waals surface area contributed by atoms with E-state index in [1.54, 1.807) is 24.3 Å². The Morgan fingerprint density at radius 2 is 1.62 bits per heavy atom. The second-order valence-electron chi connectivity index (χ2n) is 4.03. The highest BCUT2D eigenvalue weighted by Crippen LogP contribution is 2.25. The normalized spacial score (nSPS) is 10.0. The van der Waals surface area contributed by atoms with Crippen molar-refractivity contribution in [2.24, 2.45) is 0 Å². The Balaban J connectivity index is 2.19. The lowest BCUT2D eigenvalue weighted by Crippen LogP contribution is -2.21. The lowest BCUT2D eigenvalue weighted by Gasteiger charge is -2.11. The predicted molar refractivity (Wildman–Crippen MR) is 85.2 cm³/mol. The van der Waals surface area contributed by atoms with Gasteiger partial charge in [0.25, 0.3) is 0 Å². The monoisotopic (exact) mass is 368 g/mol. The fraction of sp³-hybridized carbons (Fsp3) is 0. The molecule has 0 spiro atoms. The third kappa shape index (κ3) is 3.74. The van der Waals surface area contributed by atoms with Crippen LogP contribution in [0.4, 0.5) is 16.2 Å². The van der Waals surface area contributed by atoms with E-state index in [2.05, 4.69) is 26.6 Å². The number of hydrogen-bond acceptors (Lipinski definition) is 2. The van der Waals surface area contributed by atoms with Gasteiger partial charge in [-0.05, 0) is 40.2 Å². The maximum atomic E-state index is 11.9. The van der Waals surface area contributed by atoms with Crippen molar-refractivity contribution in [3.8, 4) is 0 Å². The van der Waals surface area contributed by atoms with Crippen LogP contribution in [0.25, 0.3) is 0 Å². The van der Waals surface area contributed by atoms with E-state index in [0.717, 1.165) is 0 Å². The van der Waals surface area contributed by atoms with Gasteiger partial charge in [0, 0.05) is 4.47 Å². The number of carbonyl (C=O) groups excluding carboxylic acids is 1. The highest BCUT2D eigenvalue weighted by atomic mass is 79.9. The van der Waals surface area contributed by atoms with Gasteiger partial charge < -0.3 is 15.7 Å². The molecule has 0 heterocycles. The quantitative estimate of drug-likeness (QED) is 0.748. The molecule has 0 aliphatic rings. The van der Waals surface area contributed by atoms with Gasteiger partial charge in [0.15, 0.2) is 0 Å². The van der Waals surface area contributed by atoms with Crippen LogP contribution in [0, 0.1) is 0 Å². The number of carboxylic acid groups (broad SMARTS) is 1. The van der Waals surface area contributed by atoms with E-state index >= 15 is 0 Å². The molecule has 0 saturated carbocycles. The zero-order valence-corrected chi connectivity index (χ0v) is 12.9. The van der Waals surface area contributed by atoms with Crippen LogP contribution >= 0.6 is 27.5 Å². The maximum absolute atomic E-state index is 11.9. The maximum Gasteiger partial charge on any atom is 0.339 e. The fourth-order valence-electron chi connectivity index (χ4n) is 1.68. The first-order valence-corrected chi connectivity index (χ1v) is 7.00. The number of benzene rings is 2. The van der Waals surface area contributed by atoms with Crippen LogP contribution in [0.3, 0.4) is 0 Å². The molecule has 0 fully saturated rings. The molecule has 0 unspecified atom stereocenters. The largest absolute Gasteiger partial charge is 0.478 e. The van der Waals surface area contributed by atoms with E-state index in [-0.39, 0.29) is 16.3 Å². The zero-order chi connectivity index (χ0) is 15.4. The van der Waals surface area contributed by atoms with Gasteiger partial charge in [-0.3, -0.25) is 0 Å². The SMILES string of the molecule is O=C(Nc1ccccc1Br)Nc1cccc(Cl)c1C(=O)O. The summed E-state index contributed by atoms with van der Waals surface area (Å²) in [7, 11) is 0. The number of anilines is 2. The van der Waals surface area contributed by atoms with Crippen molar-refractivity contribution in [3.63, 3.8) is 0 Å². The number of rotatable bonds is 3. The van der Waals surface area contributed by atoms with Crippen molar-refractivity contribution in [2.45, 2.75) is 0 Å². The van der Waals surface area contributed by atoms with E-state index < -0.39 is 12.0 Å². The molecule has 108 valence electrons. The Morgan fingerprint density at radius 1 is 1.00 bits per heavy atom. The summed E-state index contributed by atoms with van der Waals surface area (Å²) in [5, 5.41) is 14.3. The molecule has 7 heteroatoms. The predicted octanol–water partition coefficient (Wildman–Crippen LogP) is 4.44. The molecular formula is C14H10BrClN2O3. The van der Waals surface area contributed by atoms with Gasteiger partial charge in [0.1, 0.15) is 5.56 Å². The van der Waals surface area contributed by atoms with E-state index in [0.29, 0.717) is 10.2 Å². The second-order valence-corrected chi connectivity index (χ2v) is 5.29. The number of halogens is 2. The van der Waals surface area contributed by atoms with Crippen molar-refractivity contribution in [1.29, 1.82) is 0 Å². The summed E-state index contributed by atoms with van der Waals surface area (Å²) in [6, 6.07) is 11.0. The average Bonchev–Trinajstić information content (AvgIpc) is 2.41. The van der Waals surface area contributed by atoms with Gasteiger partial charge in [-0.2, -0.15) is 0 Å². The van der Waals surface area contributed by atoms with Crippen LogP contribution in [0.15, 0.2) is 46.9 Å². The van der Waals surface area contributed by atoms with Gasteiger partial charge in [-0.25, -0.2) is 9.59 Å². The first kappa shape index (κ1) is 15.3. The zero-order valence-electron chi connectivity index (χ0n) is 10.6. The van der Waals surface area contributed by atoms with E-state index in [1.165, 1.54) is 12.1 Å². The third-order valence-electron chi connectivity index (χ3n) is 2.60. The molecular weight excluding hydrogens is 360 g/mol. The van der Waals surface area contributed by atoms with Gasteiger partial charge >= 0.3 is 12.0 Å². The lowest BCUT2D eigenvalue weighted by molar-refractivity contribution is 0.0698. The first-order valence-electron chi connectivity index (χ1n) is 5.83. The van der Waals surface area contributed by atoms with Crippen LogP contribution in [0.2, 0.25) is 5.02 Å². The van der Waals surface area contributed by atoms with Crippen molar-refractivity contribution in [2.75, 3.05) is 10.6 Å². The highest BCUT2D eigenvalue weighted by molar-refractivity contribution is 9.10. The molecule has 0 aliphatic carbocycles. The Hall–Kier alpha value is -2.05. The molecule has 21 heavy (non-hydrogen) atoms. The van der Waals surface area contributed by atoms with Crippen LogP contribution < -0.4 is 10.6 Å². The number of carbonyl (C=O) groups is 2. The highest BCUT2D eigenvalue weighted by Gasteiger charge is 2.16. The minimum atomic E-state index is -1.21. The minimum Gasteiger partial charge on any atom is -0.478 e. The molecule has 3 N–H and O–H groups in total. The fourth-order valence-corrected chi connectivity index (χ4v) is 2.32. The van der Waals surface area contributed by atoms with Crippen LogP contribution in [-0.2, 0) is 0 Å². The summed E-state index contributed by atoms with van der Waals surface area (Å²) in [6.07, 6.45) is 0. The van der Waals surface area contributed by atoms with Gasteiger partial charge in [0.05, 0.1) is 16.4 Å². The Morgan fingerprint density at radius 3 is 2.29 bits per heavy atom. The smallest absolute Gasteiger partial charge is 0.339 e. The molecule has 0 saturated heterocycles. The summed E-state index contributed by atoms with van der Waals surface area (Å²) in [6.45, 7) is 0. The summed E-state index contributed by atoms with van der Waals surface area (Å²) in [5.74, 6) is -1.21. The standard InChI is InChI=1S/C14H10BrClN2O3/c15-8-4-1-2-6-10(8)17-14(21)18-11-7-3-5-9(16)12(11)13(19)20/h1-7H,(H,19,20)(H2,17,18,21). The van der Waals surface area contributed by atoms with E-state index in [4.69, 9.17) is 16.7 Å². The number of urea groups is 1. The number of nitrogens with one attached hydrogen (secondary N) is 2. The Bertz CT molecular complexity index is 706. The number of amides is 2. The van der Waals surface area contributed by atoms with Gasteiger partial charge in [0.2, 0.25) is 0 Å². The summed E-state index contributed by atoms with van der Waals surface area (Å²) >= 11 is 9.13. The van der Waals surface area contributed by atoms with Gasteiger partial charge in [-0.1, -0.05) is 29.8 Å². The van der Waals surface area contributed by atoms with Gasteiger partial charge in [-0.15, -0.1) is 0 Å². The average molecular weight is 370 g/mol. The molecule has 2 rings (SSSR count). The third-order valence-corrected chi connectivity index (χ3v) is 3.60. The van der Waals surface area contributed by atoms with Crippen LogP contribution in [0.5, 0.6) is 0 Å². The number of hydrogen-bond donors (Lipinski definition) is 3. The first-order chi connectivity index (χ1) is 9.99. The number of carboxylic acids is 1.